The predicted octanol–water partition coefficient (Wildman–Crippen LogP) is 14.1. The molecule has 46 heavy (non-hydrogen) atoms. The van der Waals surface area contributed by atoms with Gasteiger partial charge in [0.1, 0.15) is 0 Å². The number of allylic oxidation sites excluding steroid dienone is 8. The summed E-state index contributed by atoms with van der Waals surface area (Å²) in [5.41, 5.74) is 0. The highest BCUT2D eigenvalue weighted by atomic mass is 32.2. The highest BCUT2D eigenvalue weighted by molar-refractivity contribution is 7.99. The minimum absolute atomic E-state index is 0.660. The van der Waals surface area contributed by atoms with E-state index >= 15 is 0 Å². The van der Waals surface area contributed by atoms with Crippen LogP contribution in [0.15, 0.2) is 48.6 Å². The number of thioether (sulfide) groups is 2. The molecule has 0 saturated heterocycles. The van der Waals surface area contributed by atoms with Crippen molar-refractivity contribution in [2.24, 2.45) is 0 Å². The van der Waals surface area contributed by atoms with Crippen molar-refractivity contribution < 1.29 is 9.90 Å². The average molecular weight is 678 g/mol. The van der Waals surface area contributed by atoms with Gasteiger partial charge in [0.25, 0.3) is 0 Å². The fourth-order valence-corrected chi connectivity index (χ4v) is 7.17. The zero-order valence-corrected chi connectivity index (χ0v) is 32.1. The molecule has 0 radical (unpaired) electrons. The van der Waals surface area contributed by atoms with Crippen LogP contribution in [0.3, 0.4) is 0 Å². The number of carbonyl (C=O) groups is 1. The van der Waals surface area contributed by atoms with Crippen molar-refractivity contribution in [2.75, 3.05) is 36.1 Å². The Hall–Kier alpha value is -1.07. The molecule has 3 nitrogen and oxygen atoms in total. The van der Waals surface area contributed by atoms with Crippen molar-refractivity contribution in [3.05, 3.63) is 48.6 Å². The minimum Gasteiger partial charge on any atom is -0.465 e. The highest BCUT2D eigenvalue weighted by Gasteiger charge is 2.10. The van der Waals surface area contributed by atoms with Crippen LogP contribution >= 0.6 is 23.5 Å². The smallest absolute Gasteiger partial charge is 0.407 e. The lowest BCUT2D eigenvalue weighted by atomic mass is 10.1. The summed E-state index contributed by atoms with van der Waals surface area (Å²) in [4.78, 5) is 13.3. The normalized spacial score (nSPS) is 12.1. The molecule has 5 heteroatoms. The van der Waals surface area contributed by atoms with Gasteiger partial charge in [0.05, 0.1) is 0 Å². The Balaban J connectivity index is 3.46. The first-order chi connectivity index (χ1) is 22.7. The Morgan fingerprint density at radius 3 is 1.13 bits per heavy atom. The van der Waals surface area contributed by atoms with Crippen molar-refractivity contribution >= 4 is 29.6 Å². The van der Waals surface area contributed by atoms with Crippen molar-refractivity contribution in [3.63, 3.8) is 0 Å². The van der Waals surface area contributed by atoms with E-state index in [1.54, 1.807) is 4.90 Å². The molecule has 0 aromatic rings. The first-order valence-corrected chi connectivity index (χ1v) is 21.8. The molecule has 1 amide bonds. The molecule has 0 spiro atoms. The first kappa shape index (κ1) is 44.9. The van der Waals surface area contributed by atoms with Gasteiger partial charge in [-0.1, -0.05) is 140 Å². The second-order valence-corrected chi connectivity index (χ2v) is 15.1. The Bertz CT molecular complexity index is 680. The van der Waals surface area contributed by atoms with Crippen molar-refractivity contribution in [1.82, 2.24) is 4.90 Å². The van der Waals surface area contributed by atoms with Crippen LogP contribution in [0.1, 0.15) is 168 Å². The van der Waals surface area contributed by atoms with Crippen molar-refractivity contribution in [1.29, 1.82) is 0 Å². The van der Waals surface area contributed by atoms with Gasteiger partial charge in [0.15, 0.2) is 0 Å². The third-order valence-electron chi connectivity index (χ3n) is 8.26. The van der Waals surface area contributed by atoms with Crippen molar-refractivity contribution in [2.45, 2.75) is 168 Å². The molecule has 0 aliphatic rings. The molecule has 268 valence electrons. The molecule has 0 aliphatic carbocycles. The molecule has 0 fully saturated rings. The average Bonchev–Trinajstić information content (AvgIpc) is 3.05. The number of nitrogens with zero attached hydrogens (tertiary/aromatic N) is 1. The van der Waals surface area contributed by atoms with E-state index in [1.807, 2.05) is 23.5 Å². The lowest BCUT2D eigenvalue weighted by Crippen LogP contribution is -2.33. The summed E-state index contributed by atoms with van der Waals surface area (Å²) in [7, 11) is 0. The van der Waals surface area contributed by atoms with Crippen LogP contribution in [0.5, 0.6) is 0 Å². The number of amides is 1. The third-order valence-corrected chi connectivity index (χ3v) is 10.4. The van der Waals surface area contributed by atoms with Crippen LogP contribution in [0.25, 0.3) is 0 Å². The van der Waals surface area contributed by atoms with E-state index in [0.717, 1.165) is 35.9 Å². The molecule has 0 atom stereocenters. The van der Waals surface area contributed by atoms with Gasteiger partial charge < -0.3 is 10.0 Å². The number of carboxylic acid groups (broad SMARTS) is 1. The van der Waals surface area contributed by atoms with Gasteiger partial charge >= 0.3 is 6.09 Å². The van der Waals surface area contributed by atoms with E-state index < -0.39 is 6.09 Å². The minimum atomic E-state index is -0.761. The predicted molar refractivity (Wildman–Crippen MR) is 213 cm³/mol. The highest BCUT2D eigenvalue weighted by Crippen LogP contribution is 2.14. The monoisotopic (exact) mass is 678 g/mol. The van der Waals surface area contributed by atoms with E-state index in [4.69, 9.17) is 0 Å². The Morgan fingerprint density at radius 2 is 0.783 bits per heavy atom. The zero-order valence-electron chi connectivity index (χ0n) is 30.5. The van der Waals surface area contributed by atoms with Crippen LogP contribution in [0.2, 0.25) is 0 Å². The van der Waals surface area contributed by atoms with Crippen LogP contribution in [0.4, 0.5) is 4.79 Å². The Kier molecular flexibility index (Phi) is 39.2. The summed E-state index contributed by atoms with van der Waals surface area (Å²) >= 11 is 3.84. The van der Waals surface area contributed by atoms with Gasteiger partial charge in [0.2, 0.25) is 0 Å². The molecule has 0 heterocycles. The van der Waals surface area contributed by atoms with Gasteiger partial charge in [-0.05, 0) is 88.6 Å². The maximum absolute atomic E-state index is 11.6. The molecule has 0 aromatic heterocycles. The van der Waals surface area contributed by atoms with Gasteiger partial charge in [-0.2, -0.15) is 23.5 Å². The summed E-state index contributed by atoms with van der Waals surface area (Å²) in [6, 6.07) is 0. The Morgan fingerprint density at radius 1 is 0.457 bits per heavy atom. The molecular weight excluding hydrogens is 603 g/mol. The fraction of sp³-hybridized carbons (Fsp3) is 0.780. The topological polar surface area (TPSA) is 40.5 Å². The van der Waals surface area contributed by atoms with E-state index in [0.29, 0.717) is 13.1 Å². The largest absolute Gasteiger partial charge is 0.465 e. The lowest BCUT2D eigenvalue weighted by molar-refractivity contribution is 0.151. The molecule has 1 N–H and O–H groups in total. The summed E-state index contributed by atoms with van der Waals surface area (Å²) in [6.07, 6.45) is 48.7. The molecular formula is C41H75NO2S2. The summed E-state index contributed by atoms with van der Waals surface area (Å²) in [5.74, 6) is 4.15. The Labute approximate surface area is 296 Å². The molecule has 0 rings (SSSR count). The summed E-state index contributed by atoms with van der Waals surface area (Å²) in [6.45, 7) is 5.83. The fourth-order valence-electron chi connectivity index (χ4n) is 5.24. The molecule has 0 aromatic carbocycles. The lowest BCUT2D eigenvalue weighted by Gasteiger charge is -2.18. The standard InChI is InChI=1S/C41H75NO2S2/c1-3-5-7-9-11-13-15-17-19-21-23-25-27-29-31-33-37-45-39-35-42(41(43)44)36-40-46-38-34-32-30-28-26-24-22-20-18-16-14-12-10-8-6-4-2/h11-14,17-20H,3-10,15-16,21-40H2,1-2H3,(H,43,44)/b13-11-,14-12-,19-17-,20-18-. The van der Waals surface area contributed by atoms with Gasteiger partial charge in [-0.25, -0.2) is 4.79 Å². The van der Waals surface area contributed by atoms with Crippen molar-refractivity contribution in [3.8, 4) is 0 Å². The number of hydrogen-bond acceptors (Lipinski definition) is 3. The molecule has 0 aliphatic heterocycles. The van der Waals surface area contributed by atoms with Crippen LogP contribution in [-0.4, -0.2) is 52.2 Å². The maximum Gasteiger partial charge on any atom is 0.407 e. The van der Waals surface area contributed by atoms with Gasteiger partial charge in [0, 0.05) is 24.6 Å². The summed E-state index contributed by atoms with van der Waals surface area (Å²) in [5, 5.41) is 9.57. The van der Waals surface area contributed by atoms with E-state index in [9.17, 15) is 9.90 Å². The van der Waals surface area contributed by atoms with E-state index in [1.165, 1.54) is 141 Å². The second-order valence-electron chi connectivity index (χ2n) is 12.7. The third kappa shape index (κ3) is 37.4. The van der Waals surface area contributed by atoms with Crippen LogP contribution < -0.4 is 0 Å². The number of hydrogen-bond donors (Lipinski definition) is 1. The first-order valence-electron chi connectivity index (χ1n) is 19.5. The zero-order chi connectivity index (χ0) is 33.4. The molecule has 0 bridgehead atoms. The molecule has 0 saturated carbocycles. The molecule has 0 unspecified atom stereocenters. The van der Waals surface area contributed by atoms with Crippen LogP contribution in [-0.2, 0) is 0 Å². The van der Waals surface area contributed by atoms with Gasteiger partial charge in [-0.3, -0.25) is 0 Å². The summed E-state index contributed by atoms with van der Waals surface area (Å²) < 4.78 is 0. The number of unbranched alkanes of at least 4 members (excludes halogenated alkanes) is 18. The maximum atomic E-state index is 11.6. The van der Waals surface area contributed by atoms with E-state index in [2.05, 4.69) is 62.5 Å². The SMILES string of the molecule is CCCCC/C=C\C/C=C\CCCCCCCCSCCN(CCSCCCCCCCC/C=C\C/C=C\CCCCC)C(=O)O. The van der Waals surface area contributed by atoms with Gasteiger partial charge in [-0.15, -0.1) is 0 Å². The number of rotatable bonds is 36. The van der Waals surface area contributed by atoms with E-state index in [-0.39, 0.29) is 0 Å². The quantitative estimate of drug-likeness (QED) is 0.0529. The van der Waals surface area contributed by atoms with Crippen LogP contribution in [0, 0.1) is 0 Å². The second kappa shape index (κ2) is 40.1.